The van der Waals surface area contributed by atoms with Crippen molar-refractivity contribution in [2.45, 2.75) is 5.75 Å². The molecule has 3 aromatic rings. The first-order valence-corrected chi connectivity index (χ1v) is 10.7. The second kappa shape index (κ2) is 10.3. The molecule has 0 fully saturated rings. The minimum atomic E-state index is -0.204. The van der Waals surface area contributed by atoms with E-state index in [0.717, 1.165) is 11.3 Å². The molecule has 4 nitrogen and oxygen atoms in total. The Morgan fingerprint density at radius 2 is 1.52 bits per heavy atom. The van der Waals surface area contributed by atoms with Crippen molar-refractivity contribution < 1.29 is 9.59 Å². The van der Waals surface area contributed by atoms with E-state index in [4.69, 9.17) is 23.2 Å². The van der Waals surface area contributed by atoms with Crippen LogP contribution in [0.2, 0.25) is 10.0 Å². The number of rotatable bonds is 7. The van der Waals surface area contributed by atoms with Crippen molar-refractivity contribution >= 4 is 58.2 Å². The van der Waals surface area contributed by atoms with Crippen LogP contribution in [0.15, 0.2) is 72.8 Å². The lowest BCUT2D eigenvalue weighted by Gasteiger charge is -2.08. The van der Waals surface area contributed by atoms with Crippen LogP contribution in [-0.4, -0.2) is 17.6 Å². The van der Waals surface area contributed by atoms with Gasteiger partial charge in [0.2, 0.25) is 5.91 Å². The lowest BCUT2D eigenvalue weighted by atomic mass is 10.2. The van der Waals surface area contributed by atoms with Crippen LogP contribution < -0.4 is 10.6 Å². The van der Waals surface area contributed by atoms with E-state index in [2.05, 4.69) is 10.6 Å². The number of carbonyl (C=O) groups excluding carboxylic acids is 2. The summed E-state index contributed by atoms with van der Waals surface area (Å²) in [4.78, 5) is 24.4. The Hall–Kier alpha value is -2.47. The predicted molar refractivity (Wildman–Crippen MR) is 122 cm³/mol. The van der Waals surface area contributed by atoms with Crippen molar-refractivity contribution in [1.82, 2.24) is 0 Å². The van der Waals surface area contributed by atoms with Gasteiger partial charge in [0, 0.05) is 32.7 Å². The van der Waals surface area contributed by atoms with E-state index >= 15 is 0 Å². The largest absolute Gasteiger partial charge is 0.325 e. The van der Waals surface area contributed by atoms with Crippen molar-refractivity contribution in [3.63, 3.8) is 0 Å². The first-order chi connectivity index (χ1) is 14.0. The van der Waals surface area contributed by atoms with Crippen LogP contribution >= 0.6 is 35.0 Å². The summed E-state index contributed by atoms with van der Waals surface area (Å²) in [7, 11) is 0. The van der Waals surface area contributed by atoms with Crippen LogP contribution in [0, 0.1) is 0 Å². The SMILES string of the molecule is O=C(CSCc1ccc(Cl)cc1Cl)Nc1ccc(C(=O)Nc2ccccc2)cc1. The third-order valence-corrected chi connectivity index (χ3v) is 5.54. The fourth-order valence-electron chi connectivity index (χ4n) is 2.52. The van der Waals surface area contributed by atoms with Gasteiger partial charge in [-0.15, -0.1) is 11.8 Å². The molecule has 7 heteroatoms. The number of anilines is 2. The summed E-state index contributed by atoms with van der Waals surface area (Å²) in [6, 6.07) is 21.3. The van der Waals surface area contributed by atoms with Gasteiger partial charge in [-0.05, 0) is 54.1 Å². The van der Waals surface area contributed by atoms with Gasteiger partial charge in [0.25, 0.3) is 5.91 Å². The fourth-order valence-corrected chi connectivity index (χ4v) is 3.90. The van der Waals surface area contributed by atoms with Crippen LogP contribution in [0.1, 0.15) is 15.9 Å². The lowest BCUT2D eigenvalue weighted by Crippen LogP contribution is -2.15. The van der Waals surface area contributed by atoms with Gasteiger partial charge in [-0.25, -0.2) is 0 Å². The fraction of sp³-hybridized carbons (Fsp3) is 0.0909. The van der Waals surface area contributed by atoms with Crippen molar-refractivity contribution in [2.24, 2.45) is 0 Å². The number of hydrogen-bond acceptors (Lipinski definition) is 3. The molecule has 0 aromatic heterocycles. The molecule has 0 spiro atoms. The zero-order chi connectivity index (χ0) is 20.6. The van der Waals surface area contributed by atoms with Gasteiger partial charge < -0.3 is 10.6 Å². The summed E-state index contributed by atoms with van der Waals surface area (Å²) in [5.41, 5.74) is 2.81. The molecule has 29 heavy (non-hydrogen) atoms. The number of nitrogens with one attached hydrogen (secondary N) is 2. The van der Waals surface area contributed by atoms with Crippen molar-refractivity contribution in [1.29, 1.82) is 0 Å². The Labute approximate surface area is 183 Å². The Morgan fingerprint density at radius 3 is 2.21 bits per heavy atom. The smallest absolute Gasteiger partial charge is 0.255 e. The summed E-state index contributed by atoms with van der Waals surface area (Å²) in [5, 5.41) is 6.82. The zero-order valence-corrected chi connectivity index (χ0v) is 17.7. The number of benzene rings is 3. The molecule has 2 N–H and O–H groups in total. The van der Waals surface area contributed by atoms with Crippen LogP contribution in [0.4, 0.5) is 11.4 Å². The molecule has 0 aliphatic heterocycles. The molecule has 0 unspecified atom stereocenters. The highest BCUT2D eigenvalue weighted by Crippen LogP contribution is 2.24. The van der Waals surface area contributed by atoms with Crippen LogP contribution in [0.5, 0.6) is 0 Å². The molecule has 148 valence electrons. The number of amides is 2. The molecule has 0 saturated heterocycles. The maximum Gasteiger partial charge on any atom is 0.255 e. The summed E-state index contributed by atoms with van der Waals surface area (Å²) in [6.45, 7) is 0. The topological polar surface area (TPSA) is 58.2 Å². The monoisotopic (exact) mass is 444 g/mol. The standard InChI is InChI=1S/C22H18Cl2N2O2S/c23-17-9-6-16(20(24)12-17)13-29-14-21(27)25-19-10-7-15(8-11-19)22(28)26-18-4-2-1-3-5-18/h1-12H,13-14H2,(H,25,27)(H,26,28). The van der Waals surface area contributed by atoms with E-state index in [9.17, 15) is 9.59 Å². The minimum Gasteiger partial charge on any atom is -0.325 e. The normalized spacial score (nSPS) is 10.4. The zero-order valence-electron chi connectivity index (χ0n) is 15.3. The summed E-state index contributed by atoms with van der Waals surface area (Å²) in [5.74, 6) is 0.572. The highest BCUT2D eigenvalue weighted by Gasteiger charge is 2.08. The highest BCUT2D eigenvalue weighted by atomic mass is 35.5. The molecule has 0 saturated carbocycles. The number of hydrogen-bond donors (Lipinski definition) is 2. The van der Waals surface area contributed by atoms with Gasteiger partial charge in [-0.1, -0.05) is 47.5 Å². The molecule has 2 amide bonds. The van der Waals surface area contributed by atoms with Gasteiger partial charge >= 0.3 is 0 Å². The molecule has 3 aromatic carbocycles. The Bertz CT molecular complexity index is 995. The molecule has 0 aliphatic rings. The first-order valence-electron chi connectivity index (χ1n) is 8.79. The molecular weight excluding hydrogens is 427 g/mol. The van der Waals surface area contributed by atoms with Crippen LogP contribution in [0.3, 0.4) is 0 Å². The van der Waals surface area contributed by atoms with E-state index < -0.39 is 0 Å². The van der Waals surface area contributed by atoms with E-state index in [-0.39, 0.29) is 17.6 Å². The maximum absolute atomic E-state index is 12.3. The Morgan fingerprint density at radius 1 is 0.828 bits per heavy atom. The molecule has 0 bridgehead atoms. The van der Waals surface area contributed by atoms with Gasteiger partial charge in [0.15, 0.2) is 0 Å². The van der Waals surface area contributed by atoms with Gasteiger partial charge in [-0.2, -0.15) is 0 Å². The van der Waals surface area contributed by atoms with E-state index in [1.165, 1.54) is 11.8 Å². The van der Waals surface area contributed by atoms with Gasteiger partial charge in [0.05, 0.1) is 5.75 Å². The highest BCUT2D eigenvalue weighted by molar-refractivity contribution is 7.99. The van der Waals surface area contributed by atoms with Crippen molar-refractivity contribution in [3.05, 3.63) is 94.0 Å². The second-order valence-electron chi connectivity index (χ2n) is 6.17. The van der Waals surface area contributed by atoms with Gasteiger partial charge in [-0.3, -0.25) is 9.59 Å². The third kappa shape index (κ3) is 6.53. The van der Waals surface area contributed by atoms with E-state index in [1.807, 2.05) is 36.4 Å². The summed E-state index contributed by atoms with van der Waals surface area (Å²) >= 11 is 13.5. The second-order valence-corrected chi connectivity index (χ2v) is 8.00. The molecule has 0 heterocycles. The minimum absolute atomic E-state index is 0.124. The predicted octanol–water partition coefficient (Wildman–Crippen LogP) is 6.12. The molecule has 3 rings (SSSR count). The number of thioether (sulfide) groups is 1. The summed E-state index contributed by atoms with van der Waals surface area (Å²) < 4.78 is 0. The van der Waals surface area contributed by atoms with Crippen LogP contribution in [-0.2, 0) is 10.5 Å². The van der Waals surface area contributed by atoms with Gasteiger partial charge in [0.1, 0.15) is 0 Å². The maximum atomic E-state index is 12.3. The average Bonchev–Trinajstić information content (AvgIpc) is 2.71. The number of halogens is 2. The third-order valence-electron chi connectivity index (χ3n) is 3.97. The first kappa shape index (κ1) is 21.2. The average molecular weight is 445 g/mol. The van der Waals surface area contributed by atoms with Crippen molar-refractivity contribution in [2.75, 3.05) is 16.4 Å². The van der Waals surface area contributed by atoms with E-state index in [0.29, 0.717) is 27.0 Å². The quantitative estimate of drug-likeness (QED) is 0.461. The number of para-hydroxylation sites is 1. The lowest BCUT2D eigenvalue weighted by molar-refractivity contribution is -0.113. The van der Waals surface area contributed by atoms with Crippen molar-refractivity contribution in [3.8, 4) is 0 Å². The molecular formula is C22H18Cl2N2O2S. The Balaban J connectivity index is 1.47. The molecule has 0 atom stereocenters. The Kier molecular flexibility index (Phi) is 7.58. The molecule has 0 aliphatic carbocycles. The van der Waals surface area contributed by atoms with Crippen LogP contribution in [0.25, 0.3) is 0 Å². The number of carbonyl (C=O) groups is 2. The van der Waals surface area contributed by atoms with E-state index in [1.54, 1.807) is 36.4 Å². The molecule has 0 radical (unpaired) electrons. The summed E-state index contributed by atoms with van der Waals surface area (Å²) in [6.07, 6.45) is 0.